The predicted octanol–water partition coefficient (Wildman–Crippen LogP) is 0.898. The number of ether oxygens (including phenoxy) is 1. The first-order valence-electron chi connectivity index (χ1n) is 4.78. The van der Waals surface area contributed by atoms with E-state index in [1.54, 1.807) is 18.2 Å². The second-order valence-corrected chi connectivity index (χ2v) is 3.35. The molecule has 16 heavy (non-hydrogen) atoms. The van der Waals surface area contributed by atoms with Gasteiger partial charge in [-0.15, -0.1) is 0 Å². The highest BCUT2D eigenvalue weighted by molar-refractivity contribution is 5.95. The van der Waals surface area contributed by atoms with E-state index in [4.69, 9.17) is 10.5 Å². The van der Waals surface area contributed by atoms with Gasteiger partial charge in [-0.3, -0.25) is 4.79 Å². The van der Waals surface area contributed by atoms with Crippen LogP contribution in [0.1, 0.15) is 6.42 Å². The number of rotatable bonds is 1. The van der Waals surface area contributed by atoms with Gasteiger partial charge in [0.1, 0.15) is 5.75 Å². The molecule has 0 bridgehead atoms. The molecule has 4 N–H and O–H groups in total. The maximum Gasteiger partial charge on any atom is 0.316 e. The van der Waals surface area contributed by atoms with Crippen LogP contribution in [-0.2, 0) is 4.79 Å². The van der Waals surface area contributed by atoms with Gasteiger partial charge in [0.2, 0.25) is 5.91 Å². The van der Waals surface area contributed by atoms with Gasteiger partial charge in [0, 0.05) is 5.69 Å². The molecule has 1 aliphatic rings. The highest BCUT2D eigenvalue weighted by Gasteiger charge is 2.14. The second-order valence-electron chi connectivity index (χ2n) is 3.35. The Labute approximate surface area is 91.8 Å². The van der Waals surface area contributed by atoms with Crippen molar-refractivity contribution in [2.24, 2.45) is 5.73 Å². The minimum absolute atomic E-state index is 0.116. The van der Waals surface area contributed by atoms with Crippen LogP contribution in [0.25, 0.3) is 0 Å². The number of anilines is 2. The van der Waals surface area contributed by atoms with Crippen LogP contribution < -0.4 is 21.1 Å². The molecule has 3 amide bonds. The van der Waals surface area contributed by atoms with E-state index in [0.717, 1.165) is 0 Å². The van der Waals surface area contributed by atoms with E-state index in [1.807, 2.05) is 0 Å². The molecular formula is C10H11N3O3. The van der Waals surface area contributed by atoms with E-state index < -0.39 is 6.03 Å². The predicted molar refractivity (Wildman–Crippen MR) is 58.4 cm³/mol. The van der Waals surface area contributed by atoms with Crippen molar-refractivity contribution in [3.05, 3.63) is 18.2 Å². The Morgan fingerprint density at radius 3 is 3.06 bits per heavy atom. The smallest absolute Gasteiger partial charge is 0.316 e. The summed E-state index contributed by atoms with van der Waals surface area (Å²) in [5.74, 6) is 0.468. The largest absolute Gasteiger partial charge is 0.491 e. The fraction of sp³-hybridized carbons (Fsp3) is 0.200. The first-order chi connectivity index (χ1) is 7.65. The summed E-state index contributed by atoms with van der Waals surface area (Å²) in [6, 6.07) is 4.28. The average Bonchev–Trinajstić information content (AvgIpc) is 2.37. The summed E-state index contributed by atoms with van der Waals surface area (Å²) < 4.78 is 5.35. The molecule has 0 saturated carbocycles. The first kappa shape index (κ1) is 10.3. The molecule has 0 aromatic heterocycles. The third-order valence-corrected chi connectivity index (χ3v) is 2.11. The third kappa shape index (κ3) is 2.22. The third-order valence-electron chi connectivity index (χ3n) is 2.11. The molecule has 0 aliphatic carbocycles. The lowest BCUT2D eigenvalue weighted by atomic mass is 10.2. The van der Waals surface area contributed by atoms with Gasteiger partial charge < -0.3 is 21.1 Å². The van der Waals surface area contributed by atoms with Crippen molar-refractivity contribution < 1.29 is 14.3 Å². The minimum atomic E-state index is -0.652. The zero-order valence-corrected chi connectivity index (χ0v) is 8.45. The summed E-state index contributed by atoms with van der Waals surface area (Å²) >= 11 is 0. The second kappa shape index (κ2) is 4.09. The van der Waals surface area contributed by atoms with Crippen LogP contribution in [0.3, 0.4) is 0 Å². The molecule has 0 atom stereocenters. The Bertz CT molecular complexity index is 445. The number of hydrogen-bond donors (Lipinski definition) is 3. The van der Waals surface area contributed by atoms with Crippen LogP contribution in [0.4, 0.5) is 16.2 Å². The van der Waals surface area contributed by atoms with Gasteiger partial charge in [-0.25, -0.2) is 4.79 Å². The number of urea groups is 1. The Balaban J connectivity index is 2.29. The normalized spacial score (nSPS) is 14.1. The van der Waals surface area contributed by atoms with Crippen molar-refractivity contribution in [2.45, 2.75) is 6.42 Å². The van der Waals surface area contributed by atoms with E-state index in [9.17, 15) is 9.59 Å². The molecule has 6 nitrogen and oxygen atoms in total. The fourth-order valence-corrected chi connectivity index (χ4v) is 1.44. The Hall–Kier alpha value is -2.24. The fourth-order valence-electron chi connectivity index (χ4n) is 1.44. The maximum atomic E-state index is 11.3. The number of amides is 3. The molecule has 6 heteroatoms. The highest BCUT2D eigenvalue weighted by atomic mass is 16.5. The Morgan fingerprint density at radius 1 is 1.50 bits per heavy atom. The molecule has 1 aromatic rings. The van der Waals surface area contributed by atoms with Crippen LogP contribution in [0, 0.1) is 0 Å². The number of carbonyl (C=O) groups is 2. The van der Waals surface area contributed by atoms with Crippen molar-refractivity contribution in [1.29, 1.82) is 0 Å². The summed E-state index contributed by atoms with van der Waals surface area (Å²) in [6.07, 6.45) is 0.313. The molecular weight excluding hydrogens is 210 g/mol. The van der Waals surface area contributed by atoms with Crippen LogP contribution in [-0.4, -0.2) is 18.5 Å². The number of nitrogens with two attached hydrogens (primary N) is 1. The van der Waals surface area contributed by atoms with Crippen LogP contribution in [0.5, 0.6) is 5.75 Å². The molecule has 1 aromatic carbocycles. The number of nitrogens with one attached hydrogen (secondary N) is 2. The average molecular weight is 221 g/mol. The maximum absolute atomic E-state index is 11.3. The standard InChI is InChI=1S/C10H11N3O3/c11-10(15)12-6-1-2-8-7(5-6)13-9(14)3-4-16-8/h1-2,5H,3-4H2,(H,13,14)(H3,11,12,15). The Morgan fingerprint density at radius 2 is 2.31 bits per heavy atom. The molecule has 84 valence electrons. The van der Waals surface area contributed by atoms with E-state index >= 15 is 0 Å². The highest BCUT2D eigenvalue weighted by Crippen LogP contribution is 2.29. The lowest BCUT2D eigenvalue weighted by Gasteiger charge is -2.09. The number of fused-ring (bicyclic) bond motifs is 1. The molecule has 0 fully saturated rings. The lowest BCUT2D eigenvalue weighted by molar-refractivity contribution is -0.116. The molecule has 2 rings (SSSR count). The summed E-state index contributed by atoms with van der Waals surface area (Å²) in [4.78, 5) is 21.9. The van der Waals surface area contributed by atoms with Crippen LogP contribution in [0.15, 0.2) is 18.2 Å². The lowest BCUT2D eigenvalue weighted by Crippen LogP contribution is -2.19. The van der Waals surface area contributed by atoms with Crippen molar-refractivity contribution >= 4 is 23.3 Å². The quantitative estimate of drug-likeness (QED) is 0.657. The number of carbonyl (C=O) groups excluding carboxylic acids is 2. The van der Waals surface area contributed by atoms with Crippen LogP contribution >= 0.6 is 0 Å². The number of primary amides is 1. The summed E-state index contributed by atoms with van der Waals surface area (Å²) in [7, 11) is 0. The SMILES string of the molecule is NC(=O)Nc1ccc2c(c1)NC(=O)CCO2. The zero-order chi connectivity index (χ0) is 11.5. The zero-order valence-electron chi connectivity index (χ0n) is 8.45. The van der Waals surface area contributed by atoms with Crippen molar-refractivity contribution in [3.63, 3.8) is 0 Å². The summed E-state index contributed by atoms with van der Waals surface area (Å²) in [5, 5.41) is 5.10. The monoisotopic (exact) mass is 221 g/mol. The molecule has 0 spiro atoms. The van der Waals surface area contributed by atoms with Crippen molar-refractivity contribution in [2.75, 3.05) is 17.2 Å². The number of hydrogen-bond acceptors (Lipinski definition) is 3. The van der Waals surface area contributed by atoms with Gasteiger partial charge in [-0.1, -0.05) is 0 Å². The number of benzene rings is 1. The van der Waals surface area contributed by atoms with Gasteiger partial charge in [0.15, 0.2) is 0 Å². The van der Waals surface area contributed by atoms with Gasteiger partial charge in [-0.05, 0) is 18.2 Å². The molecule has 1 heterocycles. The molecule has 0 saturated heterocycles. The Kier molecular flexibility index (Phi) is 2.63. The first-order valence-corrected chi connectivity index (χ1v) is 4.78. The molecule has 0 unspecified atom stereocenters. The van der Waals surface area contributed by atoms with Crippen molar-refractivity contribution in [3.8, 4) is 5.75 Å². The van der Waals surface area contributed by atoms with Gasteiger partial charge in [0.05, 0.1) is 18.7 Å². The molecule has 1 aliphatic heterocycles. The minimum Gasteiger partial charge on any atom is -0.491 e. The van der Waals surface area contributed by atoms with E-state index in [0.29, 0.717) is 30.2 Å². The van der Waals surface area contributed by atoms with Gasteiger partial charge >= 0.3 is 6.03 Å². The summed E-state index contributed by atoms with van der Waals surface area (Å²) in [6.45, 7) is 0.349. The molecule has 0 radical (unpaired) electrons. The van der Waals surface area contributed by atoms with E-state index in [2.05, 4.69) is 10.6 Å². The van der Waals surface area contributed by atoms with E-state index in [-0.39, 0.29) is 5.91 Å². The van der Waals surface area contributed by atoms with Gasteiger partial charge in [0.25, 0.3) is 0 Å². The topological polar surface area (TPSA) is 93.5 Å². The van der Waals surface area contributed by atoms with Crippen molar-refractivity contribution in [1.82, 2.24) is 0 Å². The van der Waals surface area contributed by atoms with Crippen LogP contribution in [0.2, 0.25) is 0 Å². The summed E-state index contributed by atoms with van der Waals surface area (Å²) in [5.41, 5.74) is 6.04. The van der Waals surface area contributed by atoms with Gasteiger partial charge in [-0.2, -0.15) is 0 Å². The van der Waals surface area contributed by atoms with E-state index in [1.165, 1.54) is 0 Å².